The zero-order valence-electron chi connectivity index (χ0n) is 20.8. The first-order valence-corrected chi connectivity index (χ1v) is 13.0. The summed E-state index contributed by atoms with van der Waals surface area (Å²) in [7, 11) is 0. The normalized spacial score (nSPS) is 17.8. The van der Waals surface area contributed by atoms with E-state index in [4.69, 9.17) is 9.47 Å². The Morgan fingerprint density at radius 3 is 2.35 bits per heavy atom. The van der Waals surface area contributed by atoms with E-state index >= 15 is 0 Å². The van der Waals surface area contributed by atoms with E-state index in [1.165, 1.54) is 47.4 Å². The molecule has 1 aliphatic heterocycles. The Bertz CT molecular complexity index is 963. The molecule has 0 amide bonds. The second-order valence-corrected chi connectivity index (χ2v) is 9.71. The maximum absolute atomic E-state index is 6.10. The largest absolute Gasteiger partial charge is 0.353 e. The van der Waals surface area contributed by atoms with Crippen molar-refractivity contribution in [1.82, 2.24) is 0 Å². The molecular formula is C32H39O2-. The van der Waals surface area contributed by atoms with E-state index in [1.807, 2.05) is 0 Å². The molecule has 1 heterocycles. The van der Waals surface area contributed by atoms with Gasteiger partial charge < -0.3 is 9.47 Å². The van der Waals surface area contributed by atoms with Crippen LogP contribution in [0.2, 0.25) is 0 Å². The molecule has 34 heavy (non-hydrogen) atoms. The van der Waals surface area contributed by atoms with Crippen LogP contribution in [-0.4, -0.2) is 12.9 Å². The molecule has 0 aliphatic carbocycles. The number of ether oxygens (including phenoxy) is 2. The summed E-state index contributed by atoms with van der Waals surface area (Å²) in [6.45, 7) is 6.08. The van der Waals surface area contributed by atoms with E-state index in [2.05, 4.69) is 98.8 Å². The zero-order valence-corrected chi connectivity index (χ0v) is 20.8. The van der Waals surface area contributed by atoms with E-state index in [1.54, 1.807) is 0 Å². The highest BCUT2D eigenvalue weighted by molar-refractivity contribution is 5.47. The van der Waals surface area contributed by atoms with Crippen molar-refractivity contribution in [1.29, 1.82) is 0 Å². The van der Waals surface area contributed by atoms with Crippen molar-refractivity contribution >= 4 is 0 Å². The van der Waals surface area contributed by atoms with Crippen LogP contribution < -0.4 is 0 Å². The summed E-state index contributed by atoms with van der Waals surface area (Å²) >= 11 is 0. The van der Waals surface area contributed by atoms with Crippen molar-refractivity contribution in [3.63, 3.8) is 0 Å². The maximum Gasteiger partial charge on any atom is 0.157 e. The van der Waals surface area contributed by atoms with Crippen LogP contribution in [0, 0.1) is 11.8 Å². The summed E-state index contributed by atoms with van der Waals surface area (Å²) in [6.07, 6.45) is 6.69. The van der Waals surface area contributed by atoms with Crippen LogP contribution in [-0.2, 0) is 16.1 Å². The molecule has 3 atom stereocenters. The molecule has 180 valence electrons. The third kappa shape index (κ3) is 6.98. The fraction of sp³-hybridized carbons (Fsp3) is 0.406. The summed E-state index contributed by atoms with van der Waals surface area (Å²) in [5.74, 6) is 2.59. The molecule has 0 saturated carbocycles. The summed E-state index contributed by atoms with van der Waals surface area (Å²) in [5.41, 5.74) is 5.24. The number of hydrogen-bond donors (Lipinski definition) is 0. The topological polar surface area (TPSA) is 18.5 Å². The Morgan fingerprint density at radius 1 is 0.912 bits per heavy atom. The van der Waals surface area contributed by atoms with Crippen LogP contribution in [0.15, 0.2) is 84.9 Å². The Morgan fingerprint density at radius 2 is 1.65 bits per heavy atom. The summed E-state index contributed by atoms with van der Waals surface area (Å²) in [4.78, 5) is 0. The van der Waals surface area contributed by atoms with Gasteiger partial charge in [-0.1, -0.05) is 86.5 Å². The fourth-order valence-corrected chi connectivity index (χ4v) is 4.88. The van der Waals surface area contributed by atoms with E-state index in [-0.39, 0.29) is 6.29 Å². The number of rotatable bonds is 11. The zero-order chi connectivity index (χ0) is 23.6. The predicted molar refractivity (Wildman–Crippen MR) is 141 cm³/mol. The van der Waals surface area contributed by atoms with Crippen LogP contribution >= 0.6 is 0 Å². The van der Waals surface area contributed by atoms with E-state index in [0.29, 0.717) is 18.4 Å². The van der Waals surface area contributed by atoms with Gasteiger partial charge in [0.2, 0.25) is 0 Å². The molecule has 4 rings (SSSR count). The van der Waals surface area contributed by atoms with Crippen molar-refractivity contribution in [3.05, 3.63) is 113 Å². The minimum Gasteiger partial charge on any atom is -0.353 e. The first-order chi connectivity index (χ1) is 16.7. The monoisotopic (exact) mass is 455 g/mol. The second-order valence-electron chi connectivity index (χ2n) is 9.71. The van der Waals surface area contributed by atoms with Gasteiger partial charge in [-0.15, -0.1) is 41.3 Å². The third-order valence-corrected chi connectivity index (χ3v) is 7.08. The first kappa shape index (κ1) is 24.6. The summed E-state index contributed by atoms with van der Waals surface area (Å²) in [5, 5.41) is 0. The molecule has 0 aromatic heterocycles. The van der Waals surface area contributed by atoms with Gasteiger partial charge >= 0.3 is 0 Å². The molecule has 1 saturated heterocycles. The van der Waals surface area contributed by atoms with Crippen LogP contribution in [0.25, 0.3) is 0 Å². The van der Waals surface area contributed by atoms with Gasteiger partial charge in [-0.3, -0.25) is 0 Å². The van der Waals surface area contributed by atoms with E-state index < -0.39 is 0 Å². The Kier molecular flexibility index (Phi) is 9.24. The van der Waals surface area contributed by atoms with Crippen molar-refractivity contribution < 1.29 is 9.47 Å². The molecule has 0 radical (unpaired) electrons. The minimum absolute atomic E-state index is 0.0621. The quantitative estimate of drug-likeness (QED) is 0.271. The molecule has 2 heteroatoms. The number of benzene rings is 3. The Hall–Kier alpha value is -2.55. The van der Waals surface area contributed by atoms with Crippen LogP contribution in [0.5, 0.6) is 0 Å². The first-order valence-electron chi connectivity index (χ1n) is 13.0. The van der Waals surface area contributed by atoms with Crippen molar-refractivity contribution in [2.75, 3.05) is 6.61 Å². The van der Waals surface area contributed by atoms with Gasteiger partial charge in [-0.25, -0.2) is 0 Å². The molecule has 2 nitrogen and oxygen atoms in total. The summed E-state index contributed by atoms with van der Waals surface area (Å²) < 4.78 is 11.9. The van der Waals surface area contributed by atoms with Crippen molar-refractivity contribution in [2.45, 2.75) is 71.2 Å². The average Bonchev–Trinajstić information content (AvgIpc) is 2.91. The second kappa shape index (κ2) is 12.8. The Balaban J connectivity index is 1.58. The lowest BCUT2D eigenvalue weighted by Crippen LogP contribution is -2.22. The van der Waals surface area contributed by atoms with Crippen molar-refractivity contribution in [2.24, 2.45) is 5.92 Å². The van der Waals surface area contributed by atoms with Crippen LogP contribution in [0.1, 0.15) is 80.5 Å². The lowest BCUT2D eigenvalue weighted by Gasteiger charge is -2.32. The molecule has 1 fully saturated rings. The fourth-order valence-electron chi connectivity index (χ4n) is 4.88. The summed E-state index contributed by atoms with van der Waals surface area (Å²) in [6, 6.07) is 30.9. The lowest BCUT2D eigenvalue weighted by molar-refractivity contribution is -0.168. The van der Waals surface area contributed by atoms with Crippen LogP contribution in [0.3, 0.4) is 0 Å². The third-order valence-electron chi connectivity index (χ3n) is 7.08. The van der Waals surface area contributed by atoms with Gasteiger partial charge in [0.25, 0.3) is 0 Å². The molecule has 0 bridgehead atoms. The molecule has 3 unspecified atom stereocenters. The van der Waals surface area contributed by atoms with Gasteiger partial charge in [0.15, 0.2) is 6.29 Å². The van der Waals surface area contributed by atoms with E-state index in [0.717, 1.165) is 25.9 Å². The maximum atomic E-state index is 6.10. The molecule has 3 aromatic rings. The molecule has 0 spiro atoms. The predicted octanol–water partition coefficient (Wildman–Crippen LogP) is 8.31. The highest BCUT2D eigenvalue weighted by Gasteiger charge is 2.20. The van der Waals surface area contributed by atoms with Gasteiger partial charge in [0.05, 0.1) is 6.61 Å². The highest BCUT2D eigenvalue weighted by atomic mass is 16.7. The minimum atomic E-state index is -0.0621. The Labute approximate surface area is 206 Å². The van der Waals surface area contributed by atoms with Crippen molar-refractivity contribution in [3.8, 4) is 0 Å². The molecular weight excluding hydrogens is 416 g/mol. The molecule has 1 aliphatic rings. The lowest BCUT2D eigenvalue weighted by atomic mass is 9.77. The SMILES string of the molecule is CCC(C)CC(C[C-](c1ccccc1)c1cccc(COC2CCCCO2)c1)c1ccccc1. The standard InChI is InChI=1S/C32H39O2/c1-3-25(2)21-30(27-14-6-4-7-15-27)23-31(28-16-8-5-9-17-28)29-18-12-13-26(22-29)24-34-32-19-10-11-20-33-32/h4-9,12-18,22,25,30,32H,3,10-11,19-21,23-24H2,1-2H3/q-1. The van der Waals surface area contributed by atoms with Crippen LogP contribution in [0.4, 0.5) is 0 Å². The van der Waals surface area contributed by atoms with Gasteiger partial charge in [0.1, 0.15) is 0 Å². The van der Waals surface area contributed by atoms with Gasteiger partial charge in [-0.2, -0.15) is 0 Å². The van der Waals surface area contributed by atoms with Gasteiger partial charge in [-0.05, 0) is 49.5 Å². The number of hydrogen-bond acceptors (Lipinski definition) is 2. The highest BCUT2D eigenvalue weighted by Crippen LogP contribution is 2.38. The van der Waals surface area contributed by atoms with Gasteiger partial charge in [0, 0.05) is 6.61 Å². The average molecular weight is 456 g/mol. The molecule has 3 aromatic carbocycles. The smallest absolute Gasteiger partial charge is 0.157 e. The van der Waals surface area contributed by atoms with E-state index in [9.17, 15) is 0 Å². The molecule has 0 N–H and O–H groups in total.